The van der Waals surface area contributed by atoms with E-state index in [9.17, 15) is 9.59 Å². The monoisotopic (exact) mass is 300 g/mol. The number of carbonyl (C=O) groups excluding carboxylic acids is 2. The van der Waals surface area contributed by atoms with E-state index >= 15 is 0 Å². The van der Waals surface area contributed by atoms with Crippen LogP contribution in [0.4, 0.5) is 0 Å². The number of alkyl halides is 1. The minimum Gasteiger partial charge on any atom is -0.352 e. The summed E-state index contributed by atoms with van der Waals surface area (Å²) in [5.74, 6) is 0.490. The van der Waals surface area contributed by atoms with E-state index in [1.807, 2.05) is 16.8 Å². The number of hydrogen-bond acceptors (Lipinski definition) is 3. The van der Waals surface area contributed by atoms with Crippen molar-refractivity contribution in [2.24, 2.45) is 5.92 Å². The van der Waals surface area contributed by atoms with Crippen LogP contribution in [0.1, 0.15) is 23.2 Å². The van der Waals surface area contributed by atoms with Gasteiger partial charge in [0.2, 0.25) is 5.91 Å². The first-order valence-corrected chi connectivity index (χ1v) is 7.82. The van der Waals surface area contributed by atoms with Crippen molar-refractivity contribution < 1.29 is 9.59 Å². The maximum absolute atomic E-state index is 11.8. The average Bonchev–Trinajstić information content (AvgIpc) is 2.98. The molecule has 0 radical (unpaired) electrons. The van der Waals surface area contributed by atoms with Gasteiger partial charge in [0.05, 0.1) is 0 Å². The number of amides is 2. The van der Waals surface area contributed by atoms with Crippen molar-refractivity contribution in [1.29, 1.82) is 0 Å². The smallest absolute Gasteiger partial charge is 0.252 e. The molecule has 1 aliphatic rings. The van der Waals surface area contributed by atoms with Crippen LogP contribution in [0, 0.1) is 5.92 Å². The molecule has 1 fully saturated rings. The third-order valence-corrected chi connectivity index (χ3v) is 4.33. The van der Waals surface area contributed by atoms with Crippen LogP contribution in [0.5, 0.6) is 0 Å². The van der Waals surface area contributed by atoms with Gasteiger partial charge in [-0.2, -0.15) is 11.3 Å². The second kappa shape index (κ2) is 6.91. The molecule has 104 valence electrons. The zero-order valence-electron chi connectivity index (χ0n) is 10.6. The lowest BCUT2D eigenvalue weighted by molar-refractivity contribution is -0.129. The van der Waals surface area contributed by atoms with Crippen LogP contribution >= 0.6 is 22.9 Å². The zero-order chi connectivity index (χ0) is 13.7. The van der Waals surface area contributed by atoms with E-state index in [1.54, 1.807) is 4.90 Å². The van der Waals surface area contributed by atoms with Gasteiger partial charge in [0.1, 0.15) is 5.88 Å². The van der Waals surface area contributed by atoms with Crippen molar-refractivity contribution in [3.05, 3.63) is 22.4 Å². The van der Waals surface area contributed by atoms with E-state index in [2.05, 4.69) is 5.32 Å². The molecule has 1 aromatic heterocycles. The van der Waals surface area contributed by atoms with Crippen molar-refractivity contribution in [3.8, 4) is 0 Å². The van der Waals surface area contributed by atoms with Crippen LogP contribution in [0.25, 0.3) is 0 Å². The van der Waals surface area contributed by atoms with Crippen molar-refractivity contribution >= 4 is 34.8 Å². The molecule has 2 heterocycles. The normalized spacial score (nSPS) is 16.4. The van der Waals surface area contributed by atoms with Crippen LogP contribution in [-0.4, -0.2) is 42.2 Å². The standard InChI is InChI=1S/C13H17ClN2O2S/c14-7-12(17)16-4-1-10(2-5-16)8-15-13(18)11-3-6-19-9-11/h3,6,9-10H,1-2,4-5,7-8H2,(H,15,18). The first-order chi connectivity index (χ1) is 9.20. The molecule has 6 heteroatoms. The fraction of sp³-hybridized carbons (Fsp3) is 0.538. The van der Waals surface area contributed by atoms with Gasteiger partial charge in [-0.1, -0.05) is 0 Å². The predicted octanol–water partition coefficient (Wildman–Crippen LogP) is 1.96. The lowest BCUT2D eigenvalue weighted by Crippen LogP contribution is -2.42. The number of hydrogen-bond donors (Lipinski definition) is 1. The highest BCUT2D eigenvalue weighted by atomic mass is 35.5. The number of nitrogens with one attached hydrogen (secondary N) is 1. The molecule has 1 aliphatic heterocycles. The molecule has 2 rings (SSSR count). The summed E-state index contributed by atoms with van der Waals surface area (Å²) < 4.78 is 0. The summed E-state index contributed by atoms with van der Waals surface area (Å²) in [4.78, 5) is 25.0. The van der Waals surface area contributed by atoms with Crippen LogP contribution in [-0.2, 0) is 4.79 Å². The molecular formula is C13H17ClN2O2S. The third-order valence-electron chi connectivity index (χ3n) is 3.42. The van der Waals surface area contributed by atoms with Crippen LogP contribution in [0.15, 0.2) is 16.8 Å². The highest BCUT2D eigenvalue weighted by Crippen LogP contribution is 2.17. The van der Waals surface area contributed by atoms with Crippen LogP contribution in [0.2, 0.25) is 0 Å². The third kappa shape index (κ3) is 3.94. The van der Waals surface area contributed by atoms with Crippen molar-refractivity contribution in [2.45, 2.75) is 12.8 Å². The number of likely N-dealkylation sites (tertiary alicyclic amines) is 1. The Bertz CT molecular complexity index is 428. The number of halogens is 1. The van der Waals surface area contributed by atoms with Crippen LogP contribution in [0.3, 0.4) is 0 Å². The molecule has 4 nitrogen and oxygen atoms in total. The maximum Gasteiger partial charge on any atom is 0.252 e. The Balaban J connectivity index is 1.71. The number of piperidine rings is 1. The fourth-order valence-electron chi connectivity index (χ4n) is 2.20. The largest absolute Gasteiger partial charge is 0.352 e. The Hall–Kier alpha value is -1.07. The van der Waals surface area contributed by atoms with Gasteiger partial charge in [0.15, 0.2) is 0 Å². The molecule has 1 saturated heterocycles. The van der Waals surface area contributed by atoms with E-state index in [-0.39, 0.29) is 17.7 Å². The van der Waals surface area contributed by atoms with Gasteiger partial charge >= 0.3 is 0 Å². The van der Waals surface area contributed by atoms with E-state index < -0.39 is 0 Å². The second-order valence-electron chi connectivity index (χ2n) is 4.68. The predicted molar refractivity (Wildman–Crippen MR) is 76.7 cm³/mol. The van der Waals surface area contributed by atoms with Gasteiger partial charge in [0.25, 0.3) is 5.91 Å². The van der Waals surface area contributed by atoms with Gasteiger partial charge in [-0.25, -0.2) is 0 Å². The topological polar surface area (TPSA) is 49.4 Å². The van der Waals surface area contributed by atoms with Gasteiger partial charge in [-0.3, -0.25) is 9.59 Å². The molecule has 0 unspecified atom stereocenters. The second-order valence-corrected chi connectivity index (χ2v) is 5.73. The molecule has 1 N–H and O–H groups in total. The highest BCUT2D eigenvalue weighted by Gasteiger charge is 2.22. The summed E-state index contributed by atoms with van der Waals surface area (Å²) in [5, 5.41) is 6.69. The summed E-state index contributed by atoms with van der Waals surface area (Å²) in [6, 6.07) is 1.82. The molecule has 0 saturated carbocycles. The molecular weight excluding hydrogens is 284 g/mol. The maximum atomic E-state index is 11.8. The minimum atomic E-state index is -0.0134. The highest BCUT2D eigenvalue weighted by molar-refractivity contribution is 7.08. The number of nitrogens with zero attached hydrogens (tertiary/aromatic N) is 1. The first-order valence-electron chi connectivity index (χ1n) is 6.35. The zero-order valence-corrected chi connectivity index (χ0v) is 12.2. The number of rotatable bonds is 4. The van der Waals surface area contributed by atoms with Crippen LogP contribution < -0.4 is 5.32 Å². The van der Waals surface area contributed by atoms with Gasteiger partial charge in [0, 0.05) is 30.6 Å². The lowest BCUT2D eigenvalue weighted by atomic mass is 9.96. The van der Waals surface area contributed by atoms with Crippen molar-refractivity contribution in [3.63, 3.8) is 0 Å². The Morgan fingerprint density at radius 3 is 2.74 bits per heavy atom. The SMILES string of the molecule is O=C(NCC1CCN(C(=O)CCl)CC1)c1ccsc1. The molecule has 0 atom stereocenters. The molecule has 19 heavy (non-hydrogen) atoms. The Morgan fingerprint density at radius 2 is 2.16 bits per heavy atom. The summed E-state index contributed by atoms with van der Waals surface area (Å²) in [6.45, 7) is 2.16. The van der Waals surface area contributed by atoms with Gasteiger partial charge in [-0.15, -0.1) is 11.6 Å². The number of thiophene rings is 1. The fourth-order valence-corrected chi connectivity index (χ4v) is 3.01. The summed E-state index contributed by atoms with van der Waals surface area (Å²) in [7, 11) is 0. The van der Waals surface area contributed by atoms with Gasteiger partial charge < -0.3 is 10.2 Å². The van der Waals surface area contributed by atoms with E-state index in [0.717, 1.165) is 31.5 Å². The Kier molecular flexibility index (Phi) is 5.22. The molecule has 0 bridgehead atoms. The quantitative estimate of drug-likeness (QED) is 0.864. The first kappa shape index (κ1) is 14.3. The summed E-state index contributed by atoms with van der Waals surface area (Å²) in [5.41, 5.74) is 0.722. The Morgan fingerprint density at radius 1 is 1.42 bits per heavy atom. The molecule has 0 aliphatic carbocycles. The average molecular weight is 301 g/mol. The van der Waals surface area contributed by atoms with Crippen molar-refractivity contribution in [2.75, 3.05) is 25.5 Å². The summed E-state index contributed by atoms with van der Waals surface area (Å²) >= 11 is 7.05. The van der Waals surface area contributed by atoms with Gasteiger partial charge in [-0.05, 0) is 30.2 Å². The van der Waals surface area contributed by atoms with Crippen molar-refractivity contribution in [1.82, 2.24) is 10.2 Å². The van der Waals surface area contributed by atoms with E-state index in [0.29, 0.717) is 12.5 Å². The molecule has 1 aromatic rings. The molecule has 0 spiro atoms. The van der Waals surface area contributed by atoms with E-state index in [4.69, 9.17) is 11.6 Å². The molecule has 2 amide bonds. The van der Waals surface area contributed by atoms with E-state index in [1.165, 1.54) is 11.3 Å². The summed E-state index contributed by atoms with van der Waals surface area (Å²) in [6.07, 6.45) is 1.85. The number of carbonyl (C=O) groups is 2. The Labute approximate surface area is 121 Å². The lowest BCUT2D eigenvalue weighted by Gasteiger charge is -2.31. The minimum absolute atomic E-state index is 0.00225. The molecule has 0 aromatic carbocycles.